The quantitative estimate of drug-likeness (QED) is 0.628. The van der Waals surface area contributed by atoms with E-state index in [1.807, 2.05) is 12.1 Å². The summed E-state index contributed by atoms with van der Waals surface area (Å²) in [7, 11) is 0. The maximum Gasteiger partial charge on any atom is 0.357 e. The molecule has 0 saturated carbocycles. The maximum absolute atomic E-state index is 12.2. The first-order chi connectivity index (χ1) is 11.0. The predicted octanol–water partition coefficient (Wildman–Crippen LogP) is 4.07. The fourth-order valence-corrected chi connectivity index (χ4v) is 3.27. The molecule has 0 aliphatic heterocycles. The molecule has 0 spiro atoms. The predicted molar refractivity (Wildman–Crippen MR) is 93.5 cm³/mol. The number of esters is 1. The Hall–Kier alpha value is -1.86. The van der Waals surface area contributed by atoms with Gasteiger partial charge in [-0.25, -0.2) is 9.78 Å². The summed E-state index contributed by atoms with van der Waals surface area (Å²) in [6.07, 6.45) is 0. The molecule has 23 heavy (non-hydrogen) atoms. The number of thiazole rings is 1. The van der Waals surface area contributed by atoms with Crippen LogP contribution in [0.2, 0.25) is 0 Å². The second-order valence-corrected chi connectivity index (χ2v) is 7.41. The summed E-state index contributed by atoms with van der Waals surface area (Å²) in [6.45, 7) is 6.26. The number of aromatic nitrogens is 1. The molecule has 1 amide bonds. The van der Waals surface area contributed by atoms with Crippen molar-refractivity contribution < 1.29 is 14.3 Å². The number of hydrogen-bond acceptors (Lipinski definition) is 6. The number of nitrogens with zero attached hydrogens (tertiary/aromatic N) is 1. The van der Waals surface area contributed by atoms with Gasteiger partial charge in [0.2, 0.25) is 0 Å². The number of anilines is 1. The third-order valence-electron chi connectivity index (χ3n) is 2.70. The first kappa shape index (κ1) is 17.5. The molecule has 7 heteroatoms. The zero-order valence-electron chi connectivity index (χ0n) is 13.2. The van der Waals surface area contributed by atoms with Crippen LogP contribution >= 0.6 is 23.1 Å². The number of amides is 1. The van der Waals surface area contributed by atoms with Gasteiger partial charge in [-0.2, -0.15) is 0 Å². The van der Waals surface area contributed by atoms with Crippen LogP contribution in [0.15, 0.2) is 34.5 Å². The minimum atomic E-state index is -0.487. The highest BCUT2D eigenvalue weighted by Gasteiger charge is 2.14. The van der Waals surface area contributed by atoms with Crippen LogP contribution in [0.3, 0.4) is 0 Å². The number of thioether (sulfide) groups is 1. The Bertz CT molecular complexity index is 681. The number of carbonyl (C=O) groups excluding carboxylic acids is 2. The van der Waals surface area contributed by atoms with Gasteiger partial charge < -0.3 is 4.74 Å². The molecule has 0 aliphatic carbocycles. The molecule has 0 bridgehead atoms. The van der Waals surface area contributed by atoms with Crippen molar-refractivity contribution in [2.75, 3.05) is 11.9 Å². The van der Waals surface area contributed by atoms with Gasteiger partial charge in [-0.05, 0) is 31.2 Å². The zero-order valence-corrected chi connectivity index (χ0v) is 14.8. The van der Waals surface area contributed by atoms with Gasteiger partial charge in [-0.3, -0.25) is 10.1 Å². The fraction of sp³-hybridized carbons (Fsp3) is 0.312. The molecule has 0 fully saturated rings. The largest absolute Gasteiger partial charge is 0.461 e. The number of nitrogens with one attached hydrogen (secondary N) is 1. The minimum absolute atomic E-state index is 0.204. The molecule has 2 aromatic rings. The highest BCUT2D eigenvalue weighted by molar-refractivity contribution is 7.99. The van der Waals surface area contributed by atoms with E-state index < -0.39 is 5.97 Å². The first-order valence-electron chi connectivity index (χ1n) is 7.20. The summed E-state index contributed by atoms with van der Waals surface area (Å²) < 4.78 is 4.87. The van der Waals surface area contributed by atoms with Crippen LogP contribution in [0, 0.1) is 0 Å². The van der Waals surface area contributed by atoms with E-state index >= 15 is 0 Å². The highest BCUT2D eigenvalue weighted by atomic mass is 32.2. The molecule has 0 aliphatic rings. The number of rotatable bonds is 6. The van der Waals surface area contributed by atoms with Gasteiger partial charge in [0.25, 0.3) is 5.91 Å². The molecule has 5 nitrogen and oxygen atoms in total. The Balaban J connectivity index is 2.00. The van der Waals surface area contributed by atoms with E-state index in [-0.39, 0.29) is 11.6 Å². The summed E-state index contributed by atoms with van der Waals surface area (Å²) in [4.78, 5) is 28.9. The third-order valence-corrected chi connectivity index (χ3v) is 4.47. The highest BCUT2D eigenvalue weighted by Crippen LogP contribution is 2.23. The van der Waals surface area contributed by atoms with E-state index in [0.717, 1.165) is 4.90 Å². The summed E-state index contributed by atoms with van der Waals surface area (Å²) in [6, 6.07) is 7.40. The number of benzene rings is 1. The normalized spacial score (nSPS) is 10.6. The van der Waals surface area contributed by atoms with Crippen LogP contribution < -0.4 is 5.32 Å². The topological polar surface area (TPSA) is 68.3 Å². The van der Waals surface area contributed by atoms with E-state index in [4.69, 9.17) is 4.74 Å². The van der Waals surface area contributed by atoms with E-state index in [1.54, 1.807) is 36.2 Å². The van der Waals surface area contributed by atoms with Crippen LogP contribution in [0.4, 0.5) is 5.13 Å². The lowest BCUT2D eigenvalue weighted by molar-refractivity contribution is 0.0520. The molecule has 1 N–H and O–H groups in total. The lowest BCUT2D eigenvalue weighted by Gasteiger charge is -2.06. The van der Waals surface area contributed by atoms with Gasteiger partial charge in [0.15, 0.2) is 10.8 Å². The van der Waals surface area contributed by atoms with Gasteiger partial charge in [0.05, 0.1) is 6.61 Å². The molecule has 0 atom stereocenters. The molecule has 122 valence electrons. The van der Waals surface area contributed by atoms with E-state index in [2.05, 4.69) is 24.1 Å². The van der Waals surface area contributed by atoms with Gasteiger partial charge in [-0.15, -0.1) is 23.1 Å². The second-order valence-electron chi connectivity index (χ2n) is 4.90. The Morgan fingerprint density at radius 2 is 2.00 bits per heavy atom. The van der Waals surface area contributed by atoms with Crippen molar-refractivity contribution in [3.63, 3.8) is 0 Å². The summed E-state index contributed by atoms with van der Waals surface area (Å²) in [5.41, 5.74) is 0.752. The van der Waals surface area contributed by atoms with Crippen molar-refractivity contribution in [2.45, 2.75) is 30.9 Å². The van der Waals surface area contributed by atoms with E-state index in [0.29, 0.717) is 22.6 Å². The van der Waals surface area contributed by atoms with Crippen LogP contribution in [-0.2, 0) is 4.74 Å². The van der Waals surface area contributed by atoms with Gasteiger partial charge in [-0.1, -0.05) is 13.8 Å². The van der Waals surface area contributed by atoms with Gasteiger partial charge in [0.1, 0.15) is 0 Å². The minimum Gasteiger partial charge on any atom is -0.461 e. The first-order valence-corrected chi connectivity index (χ1v) is 8.96. The monoisotopic (exact) mass is 350 g/mol. The Morgan fingerprint density at radius 3 is 2.61 bits per heavy atom. The lowest BCUT2D eigenvalue weighted by Crippen LogP contribution is -2.12. The Kier molecular flexibility index (Phi) is 6.18. The van der Waals surface area contributed by atoms with Crippen LogP contribution in [0.25, 0.3) is 0 Å². The third kappa shape index (κ3) is 5.07. The van der Waals surface area contributed by atoms with Crippen LogP contribution in [0.1, 0.15) is 41.6 Å². The van der Waals surface area contributed by atoms with Crippen LogP contribution in [-0.4, -0.2) is 28.7 Å². The van der Waals surface area contributed by atoms with Crippen LogP contribution in [0.5, 0.6) is 0 Å². The average molecular weight is 350 g/mol. The standard InChI is InChI=1S/C16H18N2O3S2/c1-4-21-15(20)13-9-22-16(17-13)18-14(19)11-5-7-12(8-6-11)23-10(2)3/h5-10H,4H2,1-3H3,(H,17,18,19). The van der Waals surface area contributed by atoms with Crippen molar-refractivity contribution >= 4 is 40.1 Å². The van der Waals surface area contributed by atoms with Crippen molar-refractivity contribution in [1.82, 2.24) is 4.98 Å². The smallest absolute Gasteiger partial charge is 0.357 e. The fourth-order valence-electron chi connectivity index (χ4n) is 1.76. The Morgan fingerprint density at radius 1 is 1.30 bits per heavy atom. The second kappa shape index (κ2) is 8.12. The molecule has 0 radical (unpaired) electrons. The van der Waals surface area contributed by atoms with E-state index in [1.165, 1.54) is 11.3 Å². The summed E-state index contributed by atoms with van der Waals surface area (Å²) >= 11 is 2.93. The maximum atomic E-state index is 12.2. The van der Waals surface area contributed by atoms with Crippen molar-refractivity contribution in [2.24, 2.45) is 0 Å². The molecule has 1 heterocycles. The average Bonchev–Trinajstić information content (AvgIpc) is 2.96. The molecule has 2 rings (SSSR count). The lowest BCUT2D eigenvalue weighted by atomic mass is 10.2. The number of ether oxygens (including phenoxy) is 1. The van der Waals surface area contributed by atoms with Crippen molar-refractivity contribution in [3.8, 4) is 0 Å². The molecule has 0 saturated heterocycles. The summed E-state index contributed by atoms with van der Waals surface area (Å²) in [5.74, 6) is -0.741. The molecule has 1 aromatic heterocycles. The van der Waals surface area contributed by atoms with Gasteiger partial charge in [0, 0.05) is 21.1 Å². The van der Waals surface area contributed by atoms with E-state index in [9.17, 15) is 9.59 Å². The summed E-state index contributed by atoms with van der Waals surface area (Å²) in [5, 5.41) is 5.12. The van der Waals surface area contributed by atoms with Crippen molar-refractivity contribution in [3.05, 3.63) is 40.9 Å². The van der Waals surface area contributed by atoms with Gasteiger partial charge >= 0.3 is 5.97 Å². The number of hydrogen-bond donors (Lipinski definition) is 1. The molecular weight excluding hydrogens is 332 g/mol. The molecular formula is C16H18N2O3S2. The zero-order chi connectivity index (χ0) is 16.8. The molecule has 1 aromatic carbocycles. The number of carbonyl (C=O) groups is 2. The molecule has 0 unspecified atom stereocenters. The van der Waals surface area contributed by atoms with Crippen molar-refractivity contribution in [1.29, 1.82) is 0 Å². The Labute approximate surface area is 143 Å². The SMILES string of the molecule is CCOC(=O)c1csc(NC(=O)c2ccc(SC(C)C)cc2)n1.